The van der Waals surface area contributed by atoms with Gasteiger partial charge in [-0.2, -0.15) is 5.26 Å². The van der Waals surface area contributed by atoms with Gasteiger partial charge in [-0.1, -0.05) is 6.92 Å². The smallest absolute Gasteiger partial charge is 0.324 e. The van der Waals surface area contributed by atoms with E-state index in [1.165, 1.54) is 4.90 Å². The van der Waals surface area contributed by atoms with Crippen LogP contribution in [-0.2, 0) is 9.59 Å². The number of carboxylic acids is 1. The number of nitrogens with zero attached hydrogens (tertiary/aromatic N) is 3. The van der Waals surface area contributed by atoms with Crippen molar-refractivity contribution < 1.29 is 14.7 Å². The number of hydrogen-bond donors (Lipinski definition) is 1. The zero-order chi connectivity index (χ0) is 14.5. The first-order chi connectivity index (χ1) is 8.97. The molecular weight excluding hydrogens is 246 g/mol. The molecule has 6 heteroatoms. The lowest BCUT2D eigenvalue weighted by molar-refractivity contribution is -0.151. The van der Waals surface area contributed by atoms with E-state index in [1.807, 2.05) is 13.0 Å². The fraction of sp³-hybridized carbons (Fsp3) is 0.769. The van der Waals surface area contributed by atoms with Gasteiger partial charge in [0.25, 0.3) is 0 Å². The molecule has 1 fully saturated rings. The van der Waals surface area contributed by atoms with E-state index in [0.717, 1.165) is 6.42 Å². The van der Waals surface area contributed by atoms with Gasteiger partial charge >= 0.3 is 5.97 Å². The maximum Gasteiger partial charge on any atom is 0.324 e. The Labute approximate surface area is 113 Å². The van der Waals surface area contributed by atoms with Crippen LogP contribution < -0.4 is 0 Å². The molecule has 0 radical (unpaired) electrons. The van der Waals surface area contributed by atoms with Gasteiger partial charge in [-0.15, -0.1) is 0 Å². The summed E-state index contributed by atoms with van der Waals surface area (Å²) in [6.45, 7) is 2.98. The fourth-order valence-corrected chi connectivity index (χ4v) is 2.59. The summed E-state index contributed by atoms with van der Waals surface area (Å²) in [6.07, 6.45) is 2.18. The van der Waals surface area contributed by atoms with Crippen LogP contribution in [0, 0.1) is 11.3 Å². The molecule has 6 nitrogen and oxygen atoms in total. The zero-order valence-corrected chi connectivity index (χ0v) is 11.6. The van der Waals surface area contributed by atoms with Crippen LogP contribution in [0.2, 0.25) is 0 Å². The Morgan fingerprint density at radius 3 is 2.74 bits per heavy atom. The average Bonchev–Trinajstić information content (AvgIpc) is 2.79. The van der Waals surface area contributed by atoms with Gasteiger partial charge in [0.15, 0.2) is 0 Å². The summed E-state index contributed by atoms with van der Waals surface area (Å²) in [5, 5.41) is 17.9. The largest absolute Gasteiger partial charge is 0.480 e. The van der Waals surface area contributed by atoms with Crippen LogP contribution in [-0.4, -0.2) is 59.0 Å². The van der Waals surface area contributed by atoms with Crippen molar-refractivity contribution in [2.45, 2.75) is 38.1 Å². The summed E-state index contributed by atoms with van der Waals surface area (Å²) < 4.78 is 0. The standard InChI is InChI=1S/C13H21N3O3/c1-3-13(12(18)19)6-4-9-16(13)10-11(17)15(2)8-5-7-14/h3-6,8-10H2,1-2H3,(H,18,19). The van der Waals surface area contributed by atoms with Crippen molar-refractivity contribution in [2.24, 2.45) is 0 Å². The van der Waals surface area contributed by atoms with E-state index < -0.39 is 11.5 Å². The fourth-order valence-electron chi connectivity index (χ4n) is 2.59. The third-order valence-electron chi connectivity index (χ3n) is 3.92. The SMILES string of the molecule is CCC1(C(=O)O)CCCN1CC(=O)N(C)CCC#N. The van der Waals surface area contributed by atoms with E-state index in [2.05, 4.69) is 0 Å². The van der Waals surface area contributed by atoms with Crippen molar-refractivity contribution in [2.75, 3.05) is 26.7 Å². The number of amides is 1. The Bertz CT molecular complexity index is 391. The molecule has 0 aromatic carbocycles. The molecular formula is C13H21N3O3. The molecule has 1 heterocycles. The summed E-state index contributed by atoms with van der Waals surface area (Å²) in [5.41, 5.74) is -0.897. The van der Waals surface area contributed by atoms with Crippen molar-refractivity contribution in [1.82, 2.24) is 9.80 Å². The summed E-state index contributed by atoms with van der Waals surface area (Å²) in [6, 6.07) is 1.99. The first-order valence-electron chi connectivity index (χ1n) is 6.57. The molecule has 1 amide bonds. The quantitative estimate of drug-likeness (QED) is 0.765. The highest BCUT2D eigenvalue weighted by Gasteiger charge is 2.46. The molecule has 0 aromatic rings. The molecule has 0 spiro atoms. The van der Waals surface area contributed by atoms with Crippen LogP contribution in [0.5, 0.6) is 0 Å². The van der Waals surface area contributed by atoms with Gasteiger partial charge in [0.2, 0.25) is 5.91 Å². The third kappa shape index (κ3) is 3.24. The van der Waals surface area contributed by atoms with E-state index >= 15 is 0 Å². The van der Waals surface area contributed by atoms with Gasteiger partial charge in [-0.05, 0) is 25.8 Å². The van der Waals surface area contributed by atoms with Gasteiger partial charge in [-0.25, -0.2) is 0 Å². The predicted molar refractivity (Wildman–Crippen MR) is 69.3 cm³/mol. The Morgan fingerprint density at radius 1 is 1.53 bits per heavy atom. The van der Waals surface area contributed by atoms with Crippen LogP contribution in [0.4, 0.5) is 0 Å². The summed E-state index contributed by atoms with van der Waals surface area (Å²) in [4.78, 5) is 26.7. The molecule has 1 atom stereocenters. The molecule has 1 saturated heterocycles. The van der Waals surface area contributed by atoms with E-state index in [-0.39, 0.29) is 12.5 Å². The number of likely N-dealkylation sites (N-methyl/N-ethyl adjacent to an activating group) is 1. The molecule has 1 aliphatic heterocycles. The molecule has 106 valence electrons. The Morgan fingerprint density at radius 2 is 2.21 bits per heavy atom. The normalized spacial score (nSPS) is 23.0. The van der Waals surface area contributed by atoms with Crippen molar-refractivity contribution >= 4 is 11.9 Å². The lowest BCUT2D eigenvalue weighted by atomic mass is 9.93. The van der Waals surface area contributed by atoms with E-state index in [0.29, 0.717) is 32.4 Å². The van der Waals surface area contributed by atoms with Crippen LogP contribution in [0.25, 0.3) is 0 Å². The highest BCUT2D eigenvalue weighted by atomic mass is 16.4. The molecule has 0 saturated carbocycles. The van der Waals surface area contributed by atoms with E-state index in [1.54, 1.807) is 11.9 Å². The highest BCUT2D eigenvalue weighted by Crippen LogP contribution is 2.32. The molecule has 1 unspecified atom stereocenters. The first-order valence-corrected chi connectivity index (χ1v) is 6.57. The molecule has 1 rings (SSSR count). The van der Waals surface area contributed by atoms with Crippen molar-refractivity contribution in [1.29, 1.82) is 5.26 Å². The van der Waals surface area contributed by atoms with Gasteiger partial charge in [0.05, 0.1) is 19.0 Å². The van der Waals surface area contributed by atoms with E-state index in [4.69, 9.17) is 5.26 Å². The minimum atomic E-state index is -0.897. The highest BCUT2D eigenvalue weighted by molar-refractivity contribution is 5.82. The minimum Gasteiger partial charge on any atom is -0.480 e. The number of carboxylic acid groups (broad SMARTS) is 1. The van der Waals surface area contributed by atoms with E-state index in [9.17, 15) is 14.7 Å². The Hall–Kier alpha value is -1.61. The number of aliphatic carboxylic acids is 1. The molecule has 0 aliphatic carbocycles. The third-order valence-corrected chi connectivity index (χ3v) is 3.92. The number of nitriles is 1. The second-order valence-corrected chi connectivity index (χ2v) is 4.94. The lowest BCUT2D eigenvalue weighted by Gasteiger charge is -2.34. The van der Waals surface area contributed by atoms with Crippen molar-refractivity contribution in [3.63, 3.8) is 0 Å². The summed E-state index contributed by atoms with van der Waals surface area (Å²) >= 11 is 0. The average molecular weight is 267 g/mol. The second kappa shape index (κ2) is 6.53. The zero-order valence-electron chi connectivity index (χ0n) is 11.6. The van der Waals surface area contributed by atoms with Crippen molar-refractivity contribution in [3.8, 4) is 6.07 Å². The van der Waals surface area contributed by atoms with Crippen LogP contribution in [0.3, 0.4) is 0 Å². The number of carbonyl (C=O) groups excluding carboxylic acids is 1. The van der Waals surface area contributed by atoms with Gasteiger partial charge in [0.1, 0.15) is 5.54 Å². The molecule has 0 aromatic heterocycles. The Balaban J connectivity index is 2.68. The van der Waals surface area contributed by atoms with Gasteiger partial charge in [0, 0.05) is 13.6 Å². The molecule has 19 heavy (non-hydrogen) atoms. The van der Waals surface area contributed by atoms with Crippen molar-refractivity contribution in [3.05, 3.63) is 0 Å². The van der Waals surface area contributed by atoms with Gasteiger partial charge < -0.3 is 10.0 Å². The predicted octanol–water partition coefficient (Wildman–Crippen LogP) is 0.688. The number of likely N-dealkylation sites (tertiary alicyclic amines) is 1. The molecule has 1 aliphatic rings. The lowest BCUT2D eigenvalue weighted by Crippen LogP contribution is -2.53. The second-order valence-electron chi connectivity index (χ2n) is 4.94. The minimum absolute atomic E-state index is 0.113. The number of carbonyl (C=O) groups is 2. The first kappa shape index (κ1) is 15.4. The Kier molecular flexibility index (Phi) is 5.31. The maximum absolute atomic E-state index is 12.0. The summed E-state index contributed by atoms with van der Waals surface area (Å²) in [5.74, 6) is -0.976. The topological polar surface area (TPSA) is 84.6 Å². The monoisotopic (exact) mass is 267 g/mol. The summed E-state index contributed by atoms with van der Waals surface area (Å²) in [7, 11) is 1.64. The maximum atomic E-state index is 12.0. The molecule has 1 N–H and O–H groups in total. The number of hydrogen-bond acceptors (Lipinski definition) is 4. The van der Waals surface area contributed by atoms with Crippen LogP contribution in [0.15, 0.2) is 0 Å². The molecule has 0 bridgehead atoms. The van der Waals surface area contributed by atoms with Crippen LogP contribution in [0.1, 0.15) is 32.6 Å². The number of rotatable bonds is 6. The van der Waals surface area contributed by atoms with Gasteiger partial charge in [-0.3, -0.25) is 14.5 Å². The van der Waals surface area contributed by atoms with Crippen LogP contribution >= 0.6 is 0 Å².